The summed E-state index contributed by atoms with van der Waals surface area (Å²) in [7, 11) is 0. The topological polar surface area (TPSA) is 66.8 Å². The summed E-state index contributed by atoms with van der Waals surface area (Å²) < 4.78 is 5.61. The van der Waals surface area contributed by atoms with E-state index in [2.05, 4.69) is 0 Å². The molecule has 1 saturated heterocycles. The Bertz CT molecular complexity index is 1260. The van der Waals surface area contributed by atoms with E-state index in [9.17, 15) is 14.7 Å². The van der Waals surface area contributed by atoms with Gasteiger partial charge in [-0.05, 0) is 66.9 Å². The number of carbonyl (C=O) groups is 2. The fourth-order valence-electron chi connectivity index (χ4n) is 4.05. The Labute approximate surface area is 208 Å². The number of Topliss-reactive ketones (excluding diaryl/α,β-unsaturated/α-hetero) is 1. The maximum absolute atomic E-state index is 13.3. The molecule has 3 aromatic rings. The van der Waals surface area contributed by atoms with E-state index in [1.54, 1.807) is 42.5 Å². The number of hydrogen-bond acceptors (Lipinski definition) is 4. The minimum atomic E-state index is -0.855. The Kier molecular flexibility index (Phi) is 6.96. The summed E-state index contributed by atoms with van der Waals surface area (Å²) in [6.45, 7) is 4.48. The number of anilines is 1. The minimum absolute atomic E-state index is 0.00220. The highest BCUT2D eigenvalue weighted by Gasteiger charge is 2.47. The molecule has 0 radical (unpaired) electrons. The first-order valence-electron chi connectivity index (χ1n) is 10.9. The molecular weight excluding hydrogens is 473 g/mol. The Balaban J connectivity index is 1.89. The molecule has 1 heterocycles. The maximum atomic E-state index is 13.3. The molecule has 7 heteroatoms. The van der Waals surface area contributed by atoms with Gasteiger partial charge in [0.2, 0.25) is 0 Å². The molecule has 4 rings (SSSR count). The van der Waals surface area contributed by atoms with E-state index in [0.717, 1.165) is 12.0 Å². The molecule has 0 spiro atoms. The lowest BCUT2D eigenvalue weighted by molar-refractivity contribution is -0.132. The zero-order chi connectivity index (χ0) is 24.4. The van der Waals surface area contributed by atoms with Crippen molar-refractivity contribution in [3.8, 4) is 5.75 Å². The van der Waals surface area contributed by atoms with E-state index in [1.807, 2.05) is 38.1 Å². The van der Waals surface area contributed by atoms with Crippen molar-refractivity contribution >= 4 is 46.3 Å². The molecule has 1 aliphatic rings. The van der Waals surface area contributed by atoms with Gasteiger partial charge in [-0.1, -0.05) is 54.4 Å². The van der Waals surface area contributed by atoms with Crippen molar-refractivity contribution in [1.29, 1.82) is 0 Å². The molecule has 3 aromatic carbocycles. The zero-order valence-electron chi connectivity index (χ0n) is 18.7. The van der Waals surface area contributed by atoms with Gasteiger partial charge >= 0.3 is 0 Å². The maximum Gasteiger partial charge on any atom is 0.300 e. The lowest BCUT2D eigenvalue weighted by atomic mass is 9.92. The Morgan fingerprint density at radius 3 is 2.26 bits per heavy atom. The number of aliphatic hydroxyl groups excluding tert-OH is 1. The Morgan fingerprint density at radius 1 is 1.00 bits per heavy atom. The van der Waals surface area contributed by atoms with E-state index in [0.29, 0.717) is 39.2 Å². The molecule has 0 aromatic heterocycles. The second-order valence-corrected chi connectivity index (χ2v) is 8.90. The molecule has 34 heavy (non-hydrogen) atoms. The number of aryl methyl sites for hydroxylation is 1. The van der Waals surface area contributed by atoms with Gasteiger partial charge in [-0.3, -0.25) is 14.5 Å². The average molecular weight is 496 g/mol. The molecule has 1 fully saturated rings. The van der Waals surface area contributed by atoms with Gasteiger partial charge in [0.1, 0.15) is 11.5 Å². The minimum Gasteiger partial charge on any atom is -0.507 e. The monoisotopic (exact) mass is 495 g/mol. The summed E-state index contributed by atoms with van der Waals surface area (Å²) in [6, 6.07) is 18.0. The fourth-order valence-corrected chi connectivity index (χ4v) is 4.56. The predicted molar refractivity (Wildman–Crippen MR) is 135 cm³/mol. The van der Waals surface area contributed by atoms with Gasteiger partial charge in [-0.25, -0.2) is 0 Å². The highest BCUT2D eigenvalue weighted by molar-refractivity contribution is 6.52. The smallest absolute Gasteiger partial charge is 0.300 e. The van der Waals surface area contributed by atoms with Crippen LogP contribution in [0.1, 0.15) is 36.1 Å². The van der Waals surface area contributed by atoms with Crippen molar-refractivity contribution in [3.05, 3.63) is 99.0 Å². The molecule has 0 aliphatic carbocycles. The first-order valence-corrected chi connectivity index (χ1v) is 11.6. The van der Waals surface area contributed by atoms with E-state index in [4.69, 9.17) is 27.9 Å². The Hall–Kier alpha value is -3.28. The summed E-state index contributed by atoms with van der Waals surface area (Å²) in [4.78, 5) is 27.9. The number of halogens is 2. The van der Waals surface area contributed by atoms with Crippen LogP contribution in [0.4, 0.5) is 5.69 Å². The molecule has 0 bridgehead atoms. The van der Waals surface area contributed by atoms with Crippen LogP contribution in [0.15, 0.2) is 72.3 Å². The molecular formula is C27H23Cl2NO4. The van der Waals surface area contributed by atoms with Crippen LogP contribution in [-0.4, -0.2) is 23.4 Å². The zero-order valence-corrected chi connectivity index (χ0v) is 20.2. The van der Waals surface area contributed by atoms with Crippen LogP contribution in [0, 0.1) is 6.92 Å². The molecule has 174 valence electrons. The summed E-state index contributed by atoms with van der Waals surface area (Å²) in [5, 5.41) is 11.9. The molecule has 1 atom stereocenters. The normalized spacial score (nSPS) is 17.3. The van der Waals surface area contributed by atoms with Gasteiger partial charge in [0.15, 0.2) is 0 Å². The van der Waals surface area contributed by atoms with Gasteiger partial charge < -0.3 is 9.84 Å². The summed E-state index contributed by atoms with van der Waals surface area (Å²) >= 11 is 12.4. The number of aliphatic hydroxyl groups is 1. The largest absolute Gasteiger partial charge is 0.507 e. The summed E-state index contributed by atoms with van der Waals surface area (Å²) in [5.74, 6) is -1.16. The summed E-state index contributed by atoms with van der Waals surface area (Å²) in [5.41, 5.74) is 2.35. The van der Waals surface area contributed by atoms with Crippen molar-refractivity contribution < 1.29 is 19.4 Å². The van der Waals surface area contributed by atoms with Crippen LogP contribution in [0.3, 0.4) is 0 Å². The van der Waals surface area contributed by atoms with Crippen molar-refractivity contribution in [3.63, 3.8) is 0 Å². The third-order valence-corrected chi connectivity index (χ3v) is 6.09. The van der Waals surface area contributed by atoms with Crippen molar-refractivity contribution in [2.75, 3.05) is 11.5 Å². The van der Waals surface area contributed by atoms with Crippen LogP contribution < -0.4 is 9.64 Å². The highest BCUT2D eigenvalue weighted by Crippen LogP contribution is 2.44. The standard InChI is InChI=1S/C27H23Cl2NO4/c1-3-12-34-21-10-8-17(9-11-21)25(31)23-24(22-7-5-4-6-16(22)2)30(27(33)26(23)32)20-14-18(28)13-19(29)15-20/h4-11,13-15,24,31H,3,12H2,1-2H3/b25-23+. The van der Waals surface area contributed by atoms with E-state index >= 15 is 0 Å². The van der Waals surface area contributed by atoms with Crippen molar-refractivity contribution in [1.82, 2.24) is 0 Å². The molecule has 1 aliphatic heterocycles. The van der Waals surface area contributed by atoms with Gasteiger partial charge in [-0.2, -0.15) is 0 Å². The molecule has 1 unspecified atom stereocenters. The highest BCUT2D eigenvalue weighted by atomic mass is 35.5. The molecule has 0 saturated carbocycles. The average Bonchev–Trinajstić information content (AvgIpc) is 3.07. The lowest BCUT2D eigenvalue weighted by Gasteiger charge is -2.27. The predicted octanol–water partition coefficient (Wildman–Crippen LogP) is 6.72. The van der Waals surface area contributed by atoms with Gasteiger partial charge in [0.05, 0.1) is 18.2 Å². The van der Waals surface area contributed by atoms with Crippen LogP contribution >= 0.6 is 23.2 Å². The number of carbonyl (C=O) groups excluding carboxylic acids is 2. The number of hydrogen-bond donors (Lipinski definition) is 1. The number of ketones is 1. The van der Waals surface area contributed by atoms with Crippen LogP contribution in [0.2, 0.25) is 10.0 Å². The third-order valence-electron chi connectivity index (χ3n) is 5.65. The molecule has 1 N–H and O–H groups in total. The van der Waals surface area contributed by atoms with Gasteiger partial charge in [0.25, 0.3) is 11.7 Å². The van der Waals surface area contributed by atoms with Crippen LogP contribution in [0.5, 0.6) is 5.75 Å². The summed E-state index contributed by atoms with van der Waals surface area (Å²) in [6.07, 6.45) is 0.870. The second kappa shape index (κ2) is 9.92. The van der Waals surface area contributed by atoms with Crippen LogP contribution in [0.25, 0.3) is 5.76 Å². The van der Waals surface area contributed by atoms with Crippen LogP contribution in [-0.2, 0) is 9.59 Å². The lowest BCUT2D eigenvalue weighted by Crippen LogP contribution is -2.29. The number of ether oxygens (including phenoxy) is 1. The number of nitrogens with zero attached hydrogens (tertiary/aromatic N) is 1. The third kappa shape index (κ3) is 4.54. The second-order valence-electron chi connectivity index (χ2n) is 8.03. The van der Waals surface area contributed by atoms with Crippen molar-refractivity contribution in [2.45, 2.75) is 26.3 Å². The van der Waals surface area contributed by atoms with E-state index < -0.39 is 17.7 Å². The number of benzene rings is 3. The first-order chi connectivity index (χ1) is 16.3. The number of amides is 1. The van der Waals surface area contributed by atoms with Crippen molar-refractivity contribution in [2.24, 2.45) is 0 Å². The first kappa shape index (κ1) is 23.9. The van der Waals surface area contributed by atoms with Gasteiger partial charge in [-0.15, -0.1) is 0 Å². The SMILES string of the molecule is CCCOc1ccc(/C(O)=C2\C(=O)C(=O)N(c3cc(Cl)cc(Cl)c3)C2c2ccccc2C)cc1. The van der Waals surface area contributed by atoms with E-state index in [1.165, 1.54) is 4.90 Å². The molecule has 1 amide bonds. The molecule has 5 nitrogen and oxygen atoms in total. The quantitative estimate of drug-likeness (QED) is 0.234. The van der Waals surface area contributed by atoms with Gasteiger partial charge in [0, 0.05) is 21.3 Å². The fraction of sp³-hybridized carbons (Fsp3) is 0.185. The Morgan fingerprint density at radius 2 is 1.65 bits per heavy atom. The van der Waals surface area contributed by atoms with E-state index in [-0.39, 0.29) is 11.3 Å². The number of rotatable bonds is 6.